The molecule has 0 unspecified atom stereocenters. The number of rotatable bonds is 6. The maximum Gasteiger partial charge on any atom is 0.275 e. The average Bonchev–Trinajstić information content (AvgIpc) is 3.69. The highest BCUT2D eigenvalue weighted by atomic mass is 16.3. The summed E-state index contributed by atoms with van der Waals surface area (Å²) in [6.07, 6.45) is 8.53. The van der Waals surface area contributed by atoms with Crippen LogP contribution < -0.4 is 10.9 Å². The van der Waals surface area contributed by atoms with E-state index in [4.69, 9.17) is 0 Å². The first-order valence-corrected chi connectivity index (χ1v) is 12.9. The highest BCUT2D eigenvalue weighted by molar-refractivity contribution is 6.02. The zero-order valence-electron chi connectivity index (χ0n) is 21.4. The van der Waals surface area contributed by atoms with Gasteiger partial charge in [0.1, 0.15) is 17.4 Å². The van der Waals surface area contributed by atoms with Crippen LogP contribution in [-0.4, -0.2) is 69.8 Å². The molecule has 12 nitrogen and oxygen atoms in total. The van der Waals surface area contributed by atoms with Gasteiger partial charge >= 0.3 is 0 Å². The summed E-state index contributed by atoms with van der Waals surface area (Å²) in [5, 5.41) is 18.6. The zero-order valence-corrected chi connectivity index (χ0v) is 21.4. The number of hydrogen-bond acceptors (Lipinski definition) is 8. The number of hydrogen-bond donors (Lipinski definition) is 2. The van der Waals surface area contributed by atoms with Crippen molar-refractivity contribution in [1.29, 1.82) is 0 Å². The Hall–Kier alpha value is -4.45. The summed E-state index contributed by atoms with van der Waals surface area (Å²) in [5.41, 5.74) is 0.994. The van der Waals surface area contributed by atoms with Crippen LogP contribution in [0.15, 0.2) is 54.0 Å². The first kappa shape index (κ1) is 24.9. The van der Waals surface area contributed by atoms with Crippen molar-refractivity contribution in [3.05, 3.63) is 70.9 Å². The number of carbonyl (C=O) groups excluding carboxylic acids is 2. The third-order valence-corrected chi connectivity index (χ3v) is 7.31. The standard InChI is InChI=1S/C27H28N8O4/c1-17-12-29-22(14-28-17)24(36)32-19-3-2-4-20(11-19)35-23-21(13-31-35)26(38)34(16-30-23)15-27(39)7-9-33(10-8-27)25(37)18-5-6-18/h2-4,11-14,16,18,39H,5-10,15H2,1H3,(H,32,36). The van der Waals surface area contributed by atoms with Crippen LogP contribution in [0.4, 0.5) is 5.69 Å². The molecule has 1 saturated carbocycles. The second-order valence-electron chi connectivity index (χ2n) is 10.3. The van der Waals surface area contributed by atoms with Crippen LogP contribution in [0, 0.1) is 12.8 Å². The third kappa shape index (κ3) is 5.02. The number of nitrogens with zero attached hydrogens (tertiary/aromatic N) is 7. The number of piperidine rings is 1. The number of benzene rings is 1. The number of aliphatic hydroxyl groups is 1. The van der Waals surface area contributed by atoms with Crippen LogP contribution in [0.3, 0.4) is 0 Å². The Bertz CT molecular complexity index is 1620. The van der Waals surface area contributed by atoms with E-state index in [9.17, 15) is 19.5 Å². The minimum Gasteiger partial charge on any atom is -0.388 e. The van der Waals surface area contributed by atoms with Crippen LogP contribution in [0.25, 0.3) is 16.7 Å². The van der Waals surface area contributed by atoms with Gasteiger partial charge in [0, 0.05) is 30.9 Å². The van der Waals surface area contributed by atoms with Crippen molar-refractivity contribution in [3.8, 4) is 5.69 Å². The fourth-order valence-corrected chi connectivity index (χ4v) is 4.88. The largest absolute Gasteiger partial charge is 0.388 e. The molecule has 39 heavy (non-hydrogen) atoms. The molecule has 0 radical (unpaired) electrons. The topological polar surface area (TPSA) is 148 Å². The first-order chi connectivity index (χ1) is 18.8. The molecule has 6 rings (SSSR count). The molecule has 0 bridgehead atoms. The van der Waals surface area contributed by atoms with E-state index in [1.54, 1.807) is 31.2 Å². The molecule has 4 heterocycles. The van der Waals surface area contributed by atoms with Gasteiger partial charge in [-0.05, 0) is 50.8 Å². The minimum absolute atomic E-state index is 0.0921. The lowest BCUT2D eigenvalue weighted by Crippen LogP contribution is -2.50. The summed E-state index contributed by atoms with van der Waals surface area (Å²) >= 11 is 0. The van der Waals surface area contributed by atoms with Gasteiger partial charge in [-0.15, -0.1) is 0 Å². The molecule has 1 aromatic carbocycles. The van der Waals surface area contributed by atoms with E-state index in [0.29, 0.717) is 54.0 Å². The smallest absolute Gasteiger partial charge is 0.275 e. The number of fused-ring (bicyclic) bond motifs is 1. The lowest BCUT2D eigenvalue weighted by molar-refractivity contribution is -0.137. The molecule has 3 aromatic heterocycles. The fourth-order valence-electron chi connectivity index (χ4n) is 4.88. The number of nitrogens with one attached hydrogen (secondary N) is 1. The predicted molar refractivity (Wildman–Crippen MR) is 141 cm³/mol. The normalized spacial score (nSPS) is 16.8. The number of likely N-dealkylation sites (tertiary alicyclic amines) is 1. The van der Waals surface area contributed by atoms with E-state index in [2.05, 4.69) is 25.4 Å². The summed E-state index contributed by atoms with van der Waals surface area (Å²) in [5.74, 6) is -0.0646. The molecule has 1 aliphatic heterocycles. The Kier molecular flexibility index (Phi) is 6.18. The molecule has 200 valence electrons. The van der Waals surface area contributed by atoms with Gasteiger partial charge in [0.15, 0.2) is 5.65 Å². The number of aryl methyl sites for hydroxylation is 1. The van der Waals surface area contributed by atoms with E-state index in [1.165, 1.54) is 34.2 Å². The summed E-state index contributed by atoms with van der Waals surface area (Å²) in [6.45, 7) is 2.85. The SMILES string of the molecule is Cc1cnc(C(=O)Nc2cccc(-n3ncc4c(=O)n(CC5(O)CCN(C(=O)C6CC6)CC5)cnc43)c2)cn1. The first-order valence-electron chi connectivity index (χ1n) is 12.9. The number of amides is 2. The Morgan fingerprint density at radius 1 is 1.10 bits per heavy atom. The van der Waals surface area contributed by atoms with Crippen LogP contribution in [0.1, 0.15) is 41.9 Å². The van der Waals surface area contributed by atoms with Crippen molar-refractivity contribution in [2.45, 2.75) is 44.8 Å². The monoisotopic (exact) mass is 528 g/mol. The Morgan fingerprint density at radius 2 is 1.90 bits per heavy atom. The highest BCUT2D eigenvalue weighted by Crippen LogP contribution is 2.33. The fraction of sp³-hybridized carbons (Fsp3) is 0.370. The van der Waals surface area contributed by atoms with Crippen molar-refractivity contribution < 1.29 is 14.7 Å². The molecule has 2 N–H and O–H groups in total. The molecule has 2 fully saturated rings. The average molecular weight is 529 g/mol. The molecule has 0 atom stereocenters. The molecule has 0 spiro atoms. The van der Waals surface area contributed by atoms with E-state index in [0.717, 1.165) is 12.8 Å². The van der Waals surface area contributed by atoms with Gasteiger partial charge in [0.2, 0.25) is 5.91 Å². The van der Waals surface area contributed by atoms with Crippen molar-refractivity contribution in [1.82, 2.24) is 34.2 Å². The molecule has 2 aliphatic rings. The lowest BCUT2D eigenvalue weighted by Gasteiger charge is -2.38. The molecule has 2 amide bonds. The maximum absolute atomic E-state index is 13.3. The van der Waals surface area contributed by atoms with Crippen molar-refractivity contribution in [2.75, 3.05) is 18.4 Å². The maximum atomic E-state index is 13.3. The molecule has 1 saturated heterocycles. The quantitative estimate of drug-likeness (QED) is 0.384. The van der Waals surface area contributed by atoms with Gasteiger partial charge in [-0.2, -0.15) is 5.10 Å². The van der Waals surface area contributed by atoms with Gasteiger partial charge in [0.25, 0.3) is 11.5 Å². The van der Waals surface area contributed by atoms with Crippen LogP contribution >= 0.6 is 0 Å². The second kappa shape index (κ2) is 9.70. The number of aromatic nitrogens is 6. The molecule has 12 heteroatoms. The van der Waals surface area contributed by atoms with Crippen molar-refractivity contribution >= 4 is 28.5 Å². The van der Waals surface area contributed by atoms with E-state index >= 15 is 0 Å². The number of carbonyl (C=O) groups is 2. The van der Waals surface area contributed by atoms with Crippen molar-refractivity contribution in [2.24, 2.45) is 5.92 Å². The lowest BCUT2D eigenvalue weighted by atomic mass is 9.91. The van der Waals surface area contributed by atoms with Crippen LogP contribution in [0.5, 0.6) is 0 Å². The summed E-state index contributed by atoms with van der Waals surface area (Å²) in [7, 11) is 0. The number of anilines is 1. The van der Waals surface area contributed by atoms with Gasteiger partial charge in [-0.3, -0.25) is 23.9 Å². The van der Waals surface area contributed by atoms with Crippen LogP contribution in [-0.2, 0) is 11.3 Å². The Morgan fingerprint density at radius 3 is 2.62 bits per heavy atom. The van der Waals surface area contributed by atoms with Gasteiger partial charge in [-0.25, -0.2) is 14.6 Å². The minimum atomic E-state index is -1.09. The molecular formula is C27H28N8O4. The van der Waals surface area contributed by atoms with E-state index in [1.807, 2.05) is 4.90 Å². The Labute approximate surface area is 223 Å². The predicted octanol–water partition coefficient (Wildman–Crippen LogP) is 1.70. The Balaban J connectivity index is 1.19. The second-order valence-corrected chi connectivity index (χ2v) is 10.3. The van der Waals surface area contributed by atoms with E-state index in [-0.39, 0.29) is 29.6 Å². The van der Waals surface area contributed by atoms with Gasteiger partial charge in [-0.1, -0.05) is 6.07 Å². The van der Waals surface area contributed by atoms with Crippen LogP contribution in [0.2, 0.25) is 0 Å². The molecule has 4 aromatic rings. The zero-order chi connectivity index (χ0) is 27.1. The van der Waals surface area contributed by atoms with Crippen molar-refractivity contribution in [3.63, 3.8) is 0 Å². The molecule has 1 aliphatic carbocycles. The highest BCUT2D eigenvalue weighted by Gasteiger charge is 2.39. The summed E-state index contributed by atoms with van der Waals surface area (Å²) in [4.78, 5) is 52.7. The summed E-state index contributed by atoms with van der Waals surface area (Å²) < 4.78 is 2.94. The van der Waals surface area contributed by atoms with Gasteiger partial charge in [0.05, 0.1) is 35.9 Å². The molecular weight excluding hydrogens is 500 g/mol. The summed E-state index contributed by atoms with van der Waals surface area (Å²) in [6, 6.07) is 7.01. The third-order valence-electron chi connectivity index (χ3n) is 7.31. The van der Waals surface area contributed by atoms with E-state index < -0.39 is 11.5 Å². The van der Waals surface area contributed by atoms with Gasteiger partial charge < -0.3 is 15.3 Å².